The number of rotatable bonds is 7. The van der Waals surface area contributed by atoms with Gasteiger partial charge in [0.2, 0.25) is 5.91 Å². The molecule has 2 N–H and O–H groups in total. The van der Waals surface area contributed by atoms with Crippen LogP contribution in [0.25, 0.3) is 0 Å². The lowest BCUT2D eigenvalue weighted by Crippen LogP contribution is -2.31. The highest BCUT2D eigenvalue weighted by Gasteiger charge is 2.15. The largest absolute Gasteiger partial charge is 0.355 e. The van der Waals surface area contributed by atoms with E-state index in [1.807, 2.05) is 25.6 Å². The van der Waals surface area contributed by atoms with Gasteiger partial charge in [-0.1, -0.05) is 13.8 Å². The zero-order valence-corrected chi connectivity index (χ0v) is 12.7. The van der Waals surface area contributed by atoms with Crippen molar-refractivity contribution >= 4 is 5.91 Å². The number of aromatic nitrogens is 2. The third kappa shape index (κ3) is 4.67. The van der Waals surface area contributed by atoms with Crippen LogP contribution in [-0.4, -0.2) is 35.8 Å². The smallest absolute Gasteiger partial charge is 0.224 e. The van der Waals surface area contributed by atoms with Crippen LogP contribution in [0.3, 0.4) is 0 Å². The monoisotopic (exact) mass is 266 g/mol. The van der Waals surface area contributed by atoms with E-state index in [2.05, 4.69) is 29.6 Å². The molecule has 5 heteroatoms. The highest BCUT2D eigenvalue weighted by Crippen LogP contribution is 2.15. The summed E-state index contributed by atoms with van der Waals surface area (Å²) in [7, 11) is 1.87. The van der Waals surface area contributed by atoms with Gasteiger partial charge in [-0.15, -0.1) is 0 Å². The second kappa shape index (κ2) is 7.28. The van der Waals surface area contributed by atoms with Crippen LogP contribution in [0.4, 0.5) is 0 Å². The predicted octanol–water partition coefficient (Wildman–Crippen LogP) is 1.03. The first-order valence-corrected chi connectivity index (χ1v) is 6.89. The van der Waals surface area contributed by atoms with Crippen LogP contribution in [0.1, 0.15) is 30.8 Å². The molecule has 1 aromatic heterocycles. The molecular formula is C14H26N4O. The summed E-state index contributed by atoms with van der Waals surface area (Å²) in [4.78, 5) is 11.8. The molecular weight excluding hydrogens is 240 g/mol. The molecule has 0 bridgehead atoms. The standard InChI is InChI=1S/C14H26N4O/c1-10(2)9-18-12(4)13(11(3)17-18)8-14(19)16-7-6-15-5/h10,15H,6-9H2,1-5H3,(H,16,19). The lowest BCUT2D eigenvalue weighted by atomic mass is 10.1. The summed E-state index contributed by atoms with van der Waals surface area (Å²) < 4.78 is 2.01. The van der Waals surface area contributed by atoms with Crippen LogP contribution in [0.5, 0.6) is 0 Å². The number of hydrogen-bond donors (Lipinski definition) is 2. The third-order valence-corrected chi connectivity index (χ3v) is 3.10. The van der Waals surface area contributed by atoms with Crippen molar-refractivity contribution in [2.45, 2.75) is 40.7 Å². The summed E-state index contributed by atoms with van der Waals surface area (Å²) >= 11 is 0. The molecule has 1 amide bonds. The Labute approximate surface area is 115 Å². The number of aryl methyl sites for hydroxylation is 1. The Bertz CT molecular complexity index is 423. The van der Waals surface area contributed by atoms with E-state index in [0.717, 1.165) is 30.0 Å². The predicted molar refractivity (Wildman–Crippen MR) is 77.2 cm³/mol. The SMILES string of the molecule is CNCCNC(=O)Cc1c(C)nn(CC(C)C)c1C. The number of likely N-dealkylation sites (N-methyl/N-ethyl adjacent to an activating group) is 1. The average Bonchev–Trinajstić information content (AvgIpc) is 2.56. The van der Waals surface area contributed by atoms with Crippen LogP contribution in [0.15, 0.2) is 0 Å². The molecule has 0 saturated carbocycles. The quantitative estimate of drug-likeness (QED) is 0.725. The van der Waals surface area contributed by atoms with E-state index in [4.69, 9.17) is 0 Å². The van der Waals surface area contributed by atoms with Gasteiger partial charge in [0, 0.05) is 30.9 Å². The Morgan fingerprint density at radius 2 is 2.00 bits per heavy atom. The van der Waals surface area contributed by atoms with Gasteiger partial charge in [0.1, 0.15) is 0 Å². The second-order valence-electron chi connectivity index (χ2n) is 5.36. The van der Waals surface area contributed by atoms with Crippen molar-refractivity contribution in [2.75, 3.05) is 20.1 Å². The average molecular weight is 266 g/mol. The first-order valence-electron chi connectivity index (χ1n) is 6.89. The summed E-state index contributed by atoms with van der Waals surface area (Å²) in [6, 6.07) is 0. The zero-order valence-electron chi connectivity index (χ0n) is 12.7. The normalized spacial score (nSPS) is 11.1. The topological polar surface area (TPSA) is 58.9 Å². The molecule has 1 heterocycles. The van der Waals surface area contributed by atoms with Crippen LogP contribution in [-0.2, 0) is 17.8 Å². The Balaban J connectivity index is 2.67. The summed E-state index contributed by atoms with van der Waals surface area (Å²) in [5.74, 6) is 0.612. The molecule has 1 rings (SSSR count). The van der Waals surface area contributed by atoms with Crippen molar-refractivity contribution in [1.82, 2.24) is 20.4 Å². The van der Waals surface area contributed by atoms with Crippen LogP contribution < -0.4 is 10.6 Å². The summed E-state index contributed by atoms with van der Waals surface area (Å²) in [5, 5.41) is 10.4. The third-order valence-electron chi connectivity index (χ3n) is 3.10. The van der Waals surface area contributed by atoms with Crippen molar-refractivity contribution < 1.29 is 4.79 Å². The molecule has 108 valence electrons. The highest BCUT2D eigenvalue weighted by atomic mass is 16.1. The number of nitrogens with one attached hydrogen (secondary N) is 2. The van der Waals surface area contributed by atoms with Gasteiger partial charge < -0.3 is 10.6 Å². The summed E-state index contributed by atoms with van der Waals surface area (Å²) in [6.45, 7) is 10.7. The van der Waals surface area contributed by atoms with Crippen molar-refractivity contribution in [1.29, 1.82) is 0 Å². The number of carbonyl (C=O) groups is 1. The maximum absolute atomic E-state index is 11.8. The summed E-state index contributed by atoms with van der Waals surface area (Å²) in [5.41, 5.74) is 3.12. The minimum atomic E-state index is 0.0607. The molecule has 0 radical (unpaired) electrons. The molecule has 0 atom stereocenters. The van der Waals surface area contributed by atoms with E-state index in [1.54, 1.807) is 0 Å². The molecule has 0 fully saturated rings. The van der Waals surface area contributed by atoms with E-state index >= 15 is 0 Å². The minimum absolute atomic E-state index is 0.0607. The van der Waals surface area contributed by atoms with Gasteiger partial charge in [0.05, 0.1) is 12.1 Å². The molecule has 0 aliphatic heterocycles. The van der Waals surface area contributed by atoms with Gasteiger partial charge in [-0.05, 0) is 26.8 Å². The highest BCUT2D eigenvalue weighted by molar-refractivity contribution is 5.79. The van der Waals surface area contributed by atoms with E-state index in [-0.39, 0.29) is 5.91 Å². The number of nitrogens with zero attached hydrogens (tertiary/aromatic N) is 2. The van der Waals surface area contributed by atoms with Gasteiger partial charge in [-0.25, -0.2) is 0 Å². The van der Waals surface area contributed by atoms with Crippen LogP contribution >= 0.6 is 0 Å². The second-order valence-corrected chi connectivity index (χ2v) is 5.36. The first kappa shape index (κ1) is 15.7. The van der Waals surface area contributed by atoms with Crippen molar-refractivity contribution in [2.24, 2.45) is 5.92 Å². The molecule has 0 aliphatic carbocycles. The van der Waals surface area contributed by atoms with Crippen LogP contribution in [0, 0.1) is 19.8 Å². The maximum atomic E-state index is 11.8. The van der Waals surface area contributed by atoms with E-state index in [1.165, 1.54) is 0 Å². The zero-order chi connectivity index (χ0) is 14.4. The molecule has 0 unspecified atom stereocenters. The molecule has 0 aromatic carbocycles. The van der Waals surface area contributed by atoms with Gasteiger partial charge in [-0.2, -0.15) is 5.10 Å². The molecule has 5 nitrogen and oxygen atoms in total. The fraction of sp³-hybridized carbons (Fsp3) is 0.714. The molecule has 0 aliphatic rings. The lowest BCUT2D eigenvalue weighted by molar-refractivity contribution is -0.120. The Morgan fingerprint density at radius 3 is 2.58 bits per heavy atom. The fourth-order valence-corrected chi connectivity index (χ4v) is 2.06. The minimum Gasteiger partial charge on any atom is -0.355 e. The van der Waals surface area contributed by atoms with Gasteiger partial charge >= 0.3 is 0 Å². The van der Waals surface area contributed by atoms with Crippen molar-refractivity contribution in [3.8, 4) is 0 Å². The van der Waals surface area contributed by atoms with E-state index in [0.29, 0.717) is 18.9 Å². The number of carbonyl (C=O) groups excluding carboxylic acids is 1. The maximum Gasteiger partial charge on any atom is 0.224 e. The molecule has 19 heavy (non-hydrogen) atoms. The van der Waals surface area contributed by atoms with Gasteiger partial charge in [0.25, 0.3) is 0 Å². The Hall–Kier alpha value is -1.36. The molecule has 0 saturated heterocycles. The lowest BCUT2D eigenvalue weighted by Gasteiger charge is -2.08. The van der Waals surface area contributed by atoms with Crippen molar-refractivity contribution in [3.05, 3.63) is 17.0 Å². The van der Waals surface area contributed by atoms with E-state index < -0.39 is 0 Å². The van der Waals surface area contributed by atoms with Gasteiger partial charge in [-0.3, -0.25) is 9.48 Å². The van der Waals surface area contributed by atoms with Gasteiger partial charge in [0.15, 0.2) is 0 Å². The van der Waals surface area contributed by atoms with E-state index in [9.17, 15) is 4.79 Å². The number of hydrogen-bond acceptors (Lipinski definition) is 3. The molecule has 1 aromatic rings. The summed E-state index contributed by atoms with van der Waals surface area (Å²) in [6.07, 6.45) is 0.416. The van der Waals surface area contributed by atoms with Crippen molar-refractivity contribution in [3.63, 3.8) is 0 Å². The fourth-order valence-electron chi connectivity index (χ4n) is 2.06. The Morgan fingerprint density at radius 1 is 1.32 bits per heavy atom. The first-order chi connectivity index (χ1) is 8.95. The Kier molecular flexibility index (Phi) is 6.02. The van der Waals surface area contributed by atoms with Crippen LogP contribution in [0.2, 0.25) is 0 Å². The number of amides is 1. The molecule has 0 spiro atoms.